The summed E-state index contributed by atoms with van der Waals surface area (Å²) in [5.74, 6) is 0. The van der Waals surface area contributed by atoms with Gasteiger partial charge in [-0.15, -0.1) is 0 Å². The molecule has 1 saturated heterocycles. The van der Waals surface area contributed by atoms with Crippen LogP contribution in [0.3, 0.4) is 0 Å². The van der Waals surface area contributed by atoms with Crippen molar-refractivity contribution in [3.63, 3.8) is 0 Å². The van der Waals surface area contributed by atoms with E-state index in [0.717, 1.165) is 13.2 Å². The third-order valence-electron chi connectivity index (χ3n) is 3.84. The first kappa shape index (κ1) is 12.3. The fraction of sp³-hybridized carbons (Fsp3) is 1.00. The molecule has 0 bridgehead atoms. The van der Waals surface area contributed by atoms with E-state index in [4.69, 9.17) is 9.47 Å². The first-order valence-corrected chi connectivity index (χ1v) is 6.50. The maximum atomic E-state index is 5.78. The van der Waals surface area contributed by atoms with Crippen LogP contribution in [0.4, 0.5) is 0 Å². The molecule has 3 nitrogen and oxygen atoms in total. The van der Waals surface area contributed by atoms with Gasteiger partial charge < -0.3 is 9.47 Å². The van der Waals surface area contributed by atoms with Crippen molar-refractivity contribution < 1.29 is 9.47 Å². The van der Waals surface area contributed by atoms with E-state index in [1.54, 1.807) is 7.11 Å². The van der Waals surface area contributed by atoms with Gasteiger partial charge in [0.05, 0.1) is 19.3 Å². The summed E-state index contributed by atoms with van der Waals surface area (Å²) in [5, 5.41) is 0. The average Bonchev–Trinajstić information content (AvgIpc) is 2.99. The monoisotopic (exact) mass is 227 g/mol. The van der Waals surface area contributed by atoms with Gasteiger partial charge in [0, 0.05) is 31.7 Å². The predicted molar refractivity (Wildman–Crippen MR) is 64.6 cm³/mol. The third kappa shape index (κ3) is 2.96. The molecule has 0 aromatic heterocycles. The van der Waals surface area contributed by atoms with Crippen LogP contribution in [0.15, 0.2) is 0 Å². The van der Waals surface area contributed by atoms with Crippen molar-refractivity contribution in [2.24, 2.45) is 5.41 Å². The van der Waals surface area contributed by atoms with E-state index in [0.29, 0.717) is 17.6 Å². The van der Waals surface area contributed by atoms with Gasteiger partial charge in [-0.05, 0) is 33.1 Å². The smallest absolute Gasteiger partial charge is 0.0618 e. The quantitative estimate of drug-likeness (QED) is 0.663. The third-order valence-corrected chi connectivity index (χ3v) is 3.84. The summed E-state index contributed by atoms with van der Waals surface area (Å²) in [5.41, 5.74) is 0.483. The van der Waals surface area contributed by atoms with Crippen molar-refractivity contribution in [3.05, 3.63) is 0 Å². The van der Waals surface area contributed by atoms with Crippen LogP contribution in [-0.2, 0) is 9.47 Å². The van der Waals surface area contributed by atoms with Crippen molar-refractivity contribution in [2.75, 3.05) is 33.4 Å². The number of hydrogen-bond donors (Lipinski definition) is 0. The fourth-order valence-corrected chi connectivity index (χ4v) is 2.38. The van der Waals surface area contributed by atoms with Gasteiger partial charge >= 0.3 is 0 Å². The van der Waals surface area contributed by atoms with Gasteiger partial charge in [0.1, 0.15) is 0 Å². The second-order valence-electron chi connectivity index (χ2n) is 5.73. The molecule has 1 unspecified atom stereocenters. The van der Waals surface area contributed by atoms with Crippen LogP contribution in [0, 0.1) is 5.41 Å². The predicted octanol–water partition coefficient (Wildman–Crippen LogP) is 1.91. The molecule has 0 N–H and O–H groups in total. The molecule has 1 saturated carbocycles. The lowest BCUT2D eigenvalue weighted by atomic mass is 9.99. The molecule has 0 radical (unpaired) electrons. The zero-order chi connectivity index (χ0) is 11.6. The highest BCUT2D eigenvalue weighted by molar-refractivity contribution is 4.98. The number of likely N-dealkylation sites (tertiary alicyclic amines) is 1. The standard InChI is InChI=1S/C13H25NO2/c1-11(2)16-10-13(5-6-13)9-14-7-4-12(14)8-15-3/h11-12H,4-10H2,1-3H3. The lowest BCUT2D eigenvalue weighted by molar-refractivity contribution is -0.0175. The SMILES string of the molecule is COCC1CCN1CC1(COC(C)C)CC1. The minimum absolute atomic E-state index is 0.364. The molecule has 0 aromatic rings. The number of rotatable bonds is 7. The van der Waals surface area contributed by atoms with Crippen molar-refractivity contribution in [2.45, 2.75) is 45.3 Å². The van der Waals surface area contributed by atoms with E-state index in [2.05, 4.69) is 18.7 Å². The molecule has 16 heavy (non-hydrogen) atoms. The Bertz CT molecular complexity index is 226. The zero-order valence-electron chi connectivity index (χ0n) is 10.9. The van der Waals surface area contributed by atoms with Gasteiger partial charge in [0.15, 0.2) is 0 Å². The van der Waals surface area contributed by atoms with Gasteiger partial charge in [0.25, 0.3) is 0 Å². The molecule has 2 rings (SSSR count). The molecule has 1 atom stereocenters. The van der Waals surface area contributed by atoms with E-state index in [1.807, 2.05) is 0 Å². The summed E-state index contributed by atoms with van der Waals surface area (Å²) in [6.07, 6.45) is 4.35. The van der Waals surface area contributed by atoms with Crippen molar-refractivity contribution in [1.29, 1.82) is 0 Å². The Kier molecular flexibility index (Phi) is 3.88. The molecule has 3 heteroatoms. The molecule has 1 aliphatic heterocycles. The highest BCUT2D eigenvalue weighted by Crippen LogP contribution is 2.47. The van der Waals surface area contributed by atoms with Crippen LogP contribution in [-0.4, -0.2) is 50.5 Å². The summed E-state index contributed by atoms with van der Waals surface area (Å²) >= 11 is 0. The summed E-state index contributed by atoms with van der Waals surface area (Å²) in [6.45, 7) is 8.54. The van der Waals surface area contributed by atoms with Gasteiger partial charge in [-0.25, -0.2) is 0 Å². The fourth-order valence-electron chi connectivity index (χ4n) is 2.38. The summed E-state index contributed by atoms with van der Waals surface area (Å²) in [6, 6.07) is 0.668. The normalized spacial score (nSPS) is 28.1. The van der Waals surface area contributed by atoms with Crippen LogP contribution in [0.25, 0.3) is 0 Å². The van der Waals surface area contributed by atoms with Crippen molar-refractivity contribution >= 4 is 0 Å². The largest absolute Gasteiger partial charge is 0.383 e. The van der Waals surface area contributed by atoms with Gasteiger partial charge in [-0.1, -0.05) is 0 Å². The number of methoxy groups -OCH3 is 1. The molecule has 1 aliphatic carbocycles. The molecule has 0 amide bonds. The van der Waals surface area contributed by atoms with Crippen LogP contribution < -0.4 is 0 Å². The zero-order valence-corrected chi connectivity index (χ0v) is 10.9. The highest BCUT2D eigenvalue weighted by Gasteiger charge is 2.46. The van der Waals surface area contributed by atoms with E-state index in [1.165, 1.54) is 32.4 Å². The number of ether oxygens (including phenoxy) is 2. The Morgan fingerprint density at radius 1 is 1.38 bits per heavy atom. The Balaban J connectivity index is 1.72. The van der Waals surface area contributed by atoms with Gasteiger partial charge in [-0.3, -0.25) is 4.90 Å². The van der Waals surface area contributed by atoms with E-state index in [9.17, 15) is 0 Å². The van der Waals surface area contributed by atoms with Crippen LogP contribution in [0.1, 0.15) is 33.1 Å². The Labute approximate surface area is 99.1 Å². The van der Waals surface area contributed by atoms with Crippen molar-refractivity contribution in [1.82, 2.24) is 4.90 Å². The molecule has 0 spiro atoms. The lowest BCUT2D eigenvalue weighted by Crippen LogP contribution is -2.52. The molecule has 2 aliphatic rings. The van der Waals surface area contributed by atoms with Crippen LogP contribution >= 0.6 is 0 Å². The first-order chi connectivity index (χ1) is 7.65. The first-order valence-electron chi connectivity index (χ1n) is 6.50. The second kappa shape index (κ2) is 5.03. The van der Waals surface area contributed by atoms with Crippen LogP contribution in [0.5, 0.6) is 0 Å². The van der Waals surface area contributed by atoms with Crippen LogP contribution in [0.2, 0.25) is 0 Å². The van der Waals surface area contributed by atoms with E-state index in [-0.39, 0.29) is 0 Å². The number of hydrogen-bond acceptors (Lipinski definition) is 3. The topological polar surface area (TPSA) is 21.7 Å². The molecular formula is C13H25NO2. The molecule has 1 heterocycles. The minimum Gasteiger partial charge on any atom is -0.383 e. The Hall–Kier alpha value is -0.120. The minimum atomic E-state index is 0.364. The van der Waals surface area contributed by atoms with E-state index < -0.39 is 0 Å². The summed E-state index contributed by atoms with van der Waals surface area (Å²) in [4.78, 5) is 2.57. The van der Waals surface area contributed by atoms with E-state index >= 15 is 0 Å². The summed E-state index contributed by atoms with van der Waals surface area (Å²) < 4.78 is 11.0. The molecule has 2 fully saturated rings. The lowest BCUT2D eigenvalue weighted by Gasteiger charge is -2.42. The molecular weight excluding hydrogens is 202 g/mol. The molecule has 94 valence electrons. The second-order valence-corrected chi connectivity index (χ2v) is 5.73. The highest BCUT2D eigenvalue weighted by atomic mass is 16.5. The van der Waals surface area contributed by atoms with Gasteiger partial charge in [-0.2, -0.15) is 0 Å². The maximum absolute atomic E-state index is 5.78. The molecule has 0 aromatic carbocycles. The number of nitrogens with zero attached hydrogens (tertiary/aromatic N) is 1. The Morgan fingerprint density at radius 3 is 2.56 bits per heavy atom. The van der Waals surface area contributed by atoms with Crippen molar-refractivity contribution in [3.8, 4) is 0 Å². The van der Waals surface area contributed by atoms with Gasteiger partial charge in [0.2, 0.25) is 0 Å². The Morgan fingerprint density at radius 2 is 2.12 bits per heavy atom. The average molecular weight is 227 g/mol. The maximum Gasteiger partial charge on any atom is 0.0618 e. The summed E-state index contributed by atoms with van der Waals surface area (Å²) in [7, 11) is 1.80.